The summed E-state index contributed by atoms with van der Waals surface area (Å²) >= 11 is 6.16. The number of nitriles is 1. The van der Waals surface area contributed by atoms with Crippen LogP contribution in [0.4, 0.5) is 0 Å². The number of aryl methyl sites for hydroxylation is 1. The van der Waals surface area contributed by atoms with E-state index in [4.69, 9.17) is 27.3 Å². The first-order valence-electron chi connectivity index (χ1n) is 6.98. The van der Waals surface area contributed by atoms with Gasteiger partial charge in [0.2, 0.25) is 5.78 Å². The van der Waals surface area contributed by atoms with Gasteiger partial charge in [-0.05, 0) is 19.8 Å². The van der Waals surface area contributed by atoms with E-state index in [2.05, 4.69) is 5.10 Å². The summed E-state index contributed by atoms with van der Waals surface area (Å²) in [6.07, 6.45) is 0. The summed E-state index contributed by atoms with van der Waals surface area (Å²) in [6, 6.07) is 1.68. The maximum atomic E-state index is 12.1. The summed E-state index contributed by atoms with van der Waals surface area (Å²) in [5.74, 6) is -1.12. The van der Waals surface area contributed by atoms with Crippen LogP contribution in [0.5, 0.6) is 0 Å². The largest absolute Gasteiger partial charge is 0.454 e. The molecule has 0 fully saturated rings. The molecule has 0 saturated carbocycles. The van der Waals surface area contributed by atoms with Crippen LogP contribution < -0.4 is 5.73 Å². The van der Waals surface area contributed by atoms with Gasteiger partial charge in [0.05, 0.1) is 5.69 Å². The Morgan fingerprint density at radius 2 is 2.09 bits per heavy atom. The molecule has 0 amide bonds. The predicted molar refractivity (Wildman–Crippen MR) is 84.6 cm³/mol. The maximum Gasteiger partial charge on any atom is 0.343 e. The van der Waals surface area contributed by atoms with Crippen LogP contribution in [-0.4, -0.2) is 28.1 Å². The number of ketones is 1. The molecule has 2 N–H and O–H groups in total. The number of Topliss-reactive ketones (excluding diaryl/α,β-unsaturated/α-hetero) is 1. The lowest BCUT2D eigenvalue weighted by atomic mass is 10.1. The van der Waals surface area contributed by atoms with E-state index in [0.29, 0.717) is 18.2 Å². The molecule has 0 atom stereocenters. The van der Waals surface area contributed by atoms with Crippen LogP contribution in [0.2, 0.25) is 5.15 Å². The van der Waals surface area contributed by atoms with E-state index in [9.17, 15) is 9.59 Å². The summed E-state index contributed by atoms with van der Waals surface area (Å²) < 4.78 is 6.45. The molecule has 0 unspecified atom stereocenters. The van der Waals surface area contributed by atoms with Crippen LogP contribution in [-0.2, 0) is 16.1 Å². The molecule has 7 nitrogen and oxygen atoms in total. The van der Waals surface area contributed by atoms with Gasteiger partial charge in [-0.3, -0.25) is 9.48 Å². The lowest BCUT2D eigenvalue weighted by Crippen LogP contribution is -2.18. The highest BCUT2D eigenvalue weighted by Gasteiger charge is 2.23. The summed E-state index contributed by atoms with van der Waals surface area (Å²) in [5, 5.41) is 13.2. The van der Waals surface area contributed by atoms with Crippen molar-refractivity contribution in [1.29, 1.82) is 5.26 Å². The molecule has 0 aliphatic heterocycles. The number of aromatic nitrogens is 2. The highest BCUT2D eigenvalue weighted by molar-refractivity contribution is 6.32. The maximum absolute atomic E-state index is 12.1. The zero-order valence-electron chi connectivity index (χ0n) is 13.5. The molecule has 23 heavy (non-hydrogen) atoms. The number of esters is 1. The highest BCUT2D eigenvalue weighted by atomic mass is 35.5. The van der Waals surface area contributed by atoms with E-state index in [1.54, 1.807) is 13.0 Å². The molecule has 0 bridgehead atoms. The Morgan fingerprint density at radius 1 is 1.48 bits per heavy atom. The fraction of sp³-hybridized carbons (Fsp3) is 0.467. The van der Waals surface area contributed by atoms with Gasteiger partial charge < -0.3 is 10.5 Å². The molecular formula is C15H19ClN4O3. The minimum Gasteiger partial charge on any atom is -0.454 e. The van der Waals surface area contributed by atoms with Crippen molar-refractivity contribution in [3.8, 4) is 6.07 Å². The summed E-state index contributed by atoms with van der Waals surface area (Å²) in [4.78, 5) is 23.9. The smallest absolute Gasteiger partial charge is 0.343 e. The number of hydrogen-bond acceptors (Lipinski definition) is 6. The van der Waals surface area contributed by atoms with Crippen molar-refractivity contribution in [2.45, 2.75) is 34.2 Å². The van der Waals surface area contributed by atoms with Crippen molar-refractivity contribution in [3.63, 3.8) is 0 Å². The standard InChI is InChI=1S/C15H19ClN4O3/c1-8(2)6-20-14(16)13(10(4)19-20)15(22)23-7-12(21)11(5-17)9(3)18/h8H,6-7,18H2,1-4H3/b11-9-. The zero-order chi connectivity index (χ0) is 17.7. The third-order valence-corrected chi connectivity index (χ3v) is 3.31. The quantitative estimate of drug-likeness (QED) is 0.482. The molecular weight excluding hydrogens is 320 g/mol. The Kier molecular flexibility index (Phi) is 6.34. The minimum atomic E-state index is -0.761. The van der Waals surface area contributed by atoms with Crippen LogP contribution in [0.25, 0.3) is 0 Å². The number of carbonyl (C=O) groups excluding carboxylic acids is 2. The Bertz CT molecular complexity index is 694. The molecule has 0 aliphatic carbocycles. The van der Waals surface area contributed by atoms with E-state index >= 15 is 0 Å². The molecule has 0 saturated heterocycles. The van der Waals surface area contributed by atoms with Crippen molar-refractivity contribution in [2.75, 3.05) is 6.61 Å². The Morgan fingerprint density at radius 3 is 2.57 bits per heavy atom. The number of carbonyl (C=O) groups is 2. The fourth-order valence-corrected chi connectivity index (χ4v) is 2.22. The lowest BCUT2D eigenvalue weighted by Gasteiger charge is -2.06. The lowest BCUT2D eigenvalue weighted by molar-refractivity contribution is -0.118. The number of rotatable bonds is 6. The molecule has 8 heteroatoms. The molecule has 0 radical (unpaired) electrons. The van der Waals surface area contributed by atoms with Gasteiger partial charge in [0.15, 0.2) is 6.61 Å². The number of allylic oxidation sites excluding steroid dienone is 1. The van der Waals surface area contributed by atoms with Gasteiger partial charge in [-0.25, -0.2) is 4.79 Å². The Hall–Kier alpha value is -2.33. The second kappa shape index (κ2) is 7.79. The van der Waals surface area contributed by atoms with Crippen LogP contribution in [0.1, 0.15) is 36.8 Å². The van der Waals surface area contributed by atoms with Gasteiger partial charge in [-0.1, -0.05) is 25.4 Å². The first-order chi connectivity index (χ1) is 10.7. The summed E-state index contributed by atoms with van der Waals surface area (Å²) in [7, 11) is 0. The normalized spacial score (nSPS) is 11.9. The summed E-state index contributed by atoms with van der Waals surface area (Å²) in [6.45, 7) is 7.02. The average Bonchev–Trinajstić information content (AvgIpc) is 2.70. The average molecular weight is 339 g/mol. The molecule has 0 aromatic carbocycles. The van der Waals surface area contributed by atoms with E-state index < -0.39 is 18.4 Å². The minimum absolute atomic E-state index is 0.0764. The second-order valence-corrected chi connectivity index (χ2v) is 5.85. The van der Waals surface area contributed by atoms with Crippen molar-refractivity contribution < 1.29 is 14.3 Å². The predicted octanol–water partition coefficient (Wildman–Crippen LogP) is 1.98. The van der Waals surface area contributed by atoms with Crippen LogP contribution in [0.15, 0.2) is 11.3 Å². The van der Waals surface area contributed by atoms with Crippen molar-refractivity contribution in [3.05, 3.63) is 27.7 Å². The molecule has 1 aromatic heterocycles. The highest BCUT2D eigenvalue weighted by Crippen LogP contribution is 2.22. The number of hydrogen-bond donors (Lipinski definition) is 1. The first kappa shape index (κ1) is 18.7. The van der Waals surface area contributed by atoms with Gasteiger partial charge in [0, 0.05) is 12.2 Å². The van der Waals surface area contributed by atoms with Crippen molar-refractivity contribution >= 4 is 23.4 Å². The van der Waals surface area contributed by atoms with Gasteiger partial charge in [-0.2, -0.15) is 10.4 Å². The second-order valence-electron chi connectivity index (χ2n) is 5.50. The van der Waals surface area contributed by atoms with Crippen molar-refractivity contribution in [2.24, 2.45) is 11.7 Å². The first-order valence-corrected chi connectivity index (χ1v) is 7.36. The van der Waals surface area contributed by atoms with E-state index in [1.165, 1.54) is 11.6 Å². The molecule has 0 aliphatic rings. The van der Waals surface area contributed by atoms with E-state index in [0.717, 1.165) is 0 Å². The van der Waals surface area contributed by atoms with Crippen molar-refractivity contribution in [1.82, 2.24) is 9.78 Å². The monoisotopic (exact) mass is 338 g/mol. The number of ether oxygens (including phenoxy) is 1. The third-order valence-electron chi connectivity index (χ3n) is 2.93. The molecule has 124 valence electrons. The fourth-order valence-electron chi connectivity index (χ4n) is 1.90. The Labute approximate surface area is 139 Å². The van der Waals surface area contributed by atoms with Gasteiger partial charge in [0.1, 0.15) is 22.4 Å². The Balaban J connectivity index is 2.88. The zero-order valence-corrected chi connectivity index (χ0v) is 14.3. The SMILES string of the molecule is C/C(N)=C(\C#N)C(=O)COC(=O)c1c(C)nn(CC(C)C)c1Cl. The van der Waals surface area contributed by atoms with Crippen LogP contribution in [0, 0.1) is 24.2 Å². The van der Waals surface area contributed by atoms with Crippen LogP contribution in [0.3, 0.4) is 0 Å². The molecule has 1 aromatic rings. The van der Waals surface area contributed by atoms with E-state index in [-0.39, 0.29) is 22.0 Å². The third kappa shape index (κ3) is 4.57. The van der Waals surface area contributed by atoms with Gasteiger partial charge >= 0.3 is 5.97 Å². The van der Waals surface area contributed by atoms with E-state index in [1.807, 2.05) is 13.8 Å². The number of halogens is 1. The topological polar surface area (TPSA) is 111 Å². The van der Waals surface area contributed by atoms with Crippen LogP contribution >= 0.6 is 11.6 Å². The summed E-state index contributed by atoms with van der Waals surface area (Å²) in [5.41, 5.74) is 5.81. The molecule has 0 spiro atoms. The number of nitrogens with zero attached hydrogens (tertiary/aromatic N) is 3. The number of nitrogens with two attached hydrogens (primary N) is 1. The van der Waals surface area contributed by atoms with Gasteiger partial charge in [-0.15, -0.1) is 0 Å². The molecule has 1 heterocycles. The van der Waals surface area contributed by atoms with Gasteiger partial charge in [0.25, 0.3) is 0 Å². The molecule has 1 rings (SSSR count).